The molecule has 0 amide bonds. The third-order valence-corrected chi connectivity index (χ3v) is 6.61. The van der Waals surface area contributed by atoms with Gasteiger partial charge in [0.25, 0.3) is 0 Å². The molecule has 0 aliphatic rings. The third-order valence-electron chi connectivity index (χ3n) is 5.53. The molecular formula is C24H25N9O2S. The van der Waals surface area contributed by atoms with E-state index in [9.17, 15) is 5.26 Å². The molecule has 11 nitrogen and oxygen atoms in total. The van der Waals surface area contributed by atoms with Crippen molar-refractivity contribution in [3.05, 3.63) is 59.9 Å². The number of nitrogens with one attached hydrogen (secondary N) is 1. The zero-order valence-corrected chi connectivity index (χ0v) is 21.3. The van der Waals surface area contributed by atoms with Crippen molar-refractivity contribution in [2.24, 2.45) is 0 Å². The molecule has 2 unspecified atom stereocenters. The maximum absolute atomic E-state index is 9.39. The lowest BCUT2D eigenvalue weighted by Crippen LogP contribution is -2.15. The van der Waals surface area contributed by atoms with Crippen LogP contribution in [0.4, 0.5) is 5.95 Å². The van der Waals surface area contributed by atoms with Crippen LogP contribution in [0.2, 0.25) is 0 Å². The van der Waals surface area contributed by atoms with Crippen LogP contribution >= 0.6 is 11.9 Å². The summed E-state index contributed by atoms with van der Waals surface area (Å²) in [7, 11) is 3.03. The summed E-state index contributed by atoms with van der Waals surface area (Å²) in [6.07, 6.45) is 4.99. The maximum Gasteiger partial charge on any atom is 0.245 e. The van der Waals surface area contributed by atoms with Crippen molar-refractivity contribution in [2.75, 3.05) is 18.9 Å². The molecule has 0 saturated heterocycles. The monoisotopic (exact) mass is 503 g/mol. The fourth-order valence-corrected chi connectivity index (χ4v) is 4.16. The van der Waals surface area contributed by atoms with Gasteiger partial charge in [0.1, 0.15) is 12.2 Å². The Kier molecular flexibility index (Phi) is 7.60. The summed E-state index contributed by atoms with van der Waals surface area (Å²) in [6, 6.07) is 9.25. The molecule has 0 aliphatic heterocycles. The smallest absolute Gasteiger partial charge is 0.245 e. The van der Waals surface area contributed by atoms with Crippen LogP contribution in [-0.2, 0) is 0 Å². The number of nitrogens with zero attached hydrogens (tertiary/aromatic N) is 8. The molecule has 1 N–H and O–H groups in total. The van der Waals surface area contributed by atoms with Crippen molar-refractivity contribution >= 4 is 17.9 Å². The summed E-state index contributed by atoms with van der Waals surface area (Å²) in [4.78, 5) is 17.4. The Labute approximate surface area is 213 Å². The number of benzene rings is 1. The van der Waals surface area contributed by atoms with Gasteiger partial charge in [-0.1, -0.05) is 26.0 Å². The van der Waals surface area contributed by atoms with Gasteiger partial charge in [0.05, 0.1) is 25.9 Å². The Bertz CT molecular complexity index is 1360. The summed E-state index contributed by atoms with van der Waals surface area (Å²) in [5.41, 5.74) is 2.62. The molecule has 0 spiro atoms. The molecule has 4 rings (SSSR count). The number of aryl methyl sites for hydroxylation is 1. The molecule has 3 heterocycles. The van der Waals surface area contributed by atoms with E-state index in [-0.39, 0.29) is 22.9 Å². The number of ether oxygens (including phenoxy) is 2. The topological polar surface area (TPSA) is 137 Å². The first-order valence-electron chi connectivity index (χ1n) is 11.1. The first kappa shape index (κ1) is 24.9. The zero-order chi connectivity index (χ0) is 25.7. The van der Waals surface area contributed by atoms with Gasteiger partial charge in [-0.05, 0) is 36.6 Å². The van der Waals surface area contributed by atoms with E-state index in [2.05, 4.69) is 54.8 Å². The van der Waals surface area contributed by atoms with Crippen LogP contribution in [0.5, 0.6) is 11.8 Å². The van der Waals surface area contributed by atoms with E-state index in [0.717, 1.165) is 11.4 Å². The lowest BCUT2D eigenvalue weighted by atomic mass is 10.1. The molecule has 1 aromatic carbocycles. The highest BCUT2D eigenvalue weighted by Crippen LogP contribution is 2.36. The van der Waals surface area contributed by atoms with Gasteiger partial charge in [-0.25, -0.2) is 9.97 Å². The summed E-state index contributed by atoms with van der Waals surface area (Å²) < 4.78 is 16.1. The zero-order valence-electron chi connectivity index (χ0n) is 20.5. The number of hydrogen-bond donors (Lipinski definition) is 1. The molecule has 0 aliphatic carbocycles. The quantitative estimate of drug-likeness (QED) is 0.332. The molecule has 0 fully saturated rings. The first-order chi connectivity index (χ1) is 17.5. The minimum absolute atomic E-state index is 0.0652. The second kappa shape index (κ2) is 11.0. The Hall–Kier alpha value is -4.24. The fourth-order valence-electron chi connectivity index (χ4n) is 3.41. The average molecular weight is 504 g/mol. The molecule has 2 atom stereocenters. The molecule has 0 bridgehead atoms. The van der Waals surface area contributed by atoms with Gasteiger partial charge in [-0.2, -0.15) is 15.2 Å². The van der Waals surface area contributed by atoms with Crippen molar-refractivity contribution in [3.8, 4) is 34.9 Å². The highest BCUT2D eigenvalue weighted by Gasteiger charge is 2.26. The van der Waals surface area contributed by atoms with E-state index in [1.165, 1.54) is 32.5 Å². The number of hydrogen-bond acceptors (Lipinski definition) is 11. The molecule has 12 heteroatoms. The number of anilines is 1. The van der Waals surface area contributed by atoms with Crippen LogP contribution < -0.4 is 14.2 Å². The van der Waals surface area contributed by atoms with E-state index in [4.69, 9.17) is 9.47 Å². The lowest BCUT2D eigenvalue weighted by Gasteiger charge is -2.20. The normalized spacial score (nSPS) is 12.4. The Morgan fingerprint density at radius 2 is 1.72 bits per heavy atom. The van der Waals surface area contributed by atoms with Crippen LogP contribution in [0.1, 0.15) is 36.7 Å². The van der Waals surface area contributed by atoms with E-state index >= 15 is 0 Å². The van der Waals surface area contributed by atoms with Crippen LogP contribution in [0, 0.1) is 18.3 Å². The average Bonchev–Trinajstić information content (AvgIpc) is 3.34. The van der Waals surface area contributed by atoms with Gasteiger partial charge >= 0.3 is 0 Å². The summed E-state index contributed by atoms with van der Waals surface area (Å²) in [6.45, 7) is 6.11. The fraction of sp³-hybridized carbons (Fsp3) is 0.292. The van der Waals surface area contributed by atoms with Crippen LogP contribution in [0.15, 0.2) is 43.0 Å². The minimum atomic E-state index is 0.0652. The highest BCUT2D eigenvalue weighted by molar-refractivity contribution is 8.01. The van der Waals surface area contributed by atoms with Gasteiger partial charge in [0.15, 0.2) is 11.5 Å². The summed E-state index contributed by atoms with van der Waals surface area (Å²) in [5.74, 6) is 2.26. The van der Waals surface area contributed by atoms with Crippen molar-refractivity contribution in [2.45, 2.75) is 31.9 Å². The predicted octanol–water partition coefficient (Wildman–Crippen LogP) is 3.96. The van der Waals surface area contributed by atoms with Crippen LogP contribution in [-0.4, -0.2) is 54.2 Å². The van der Waals surface area contributed by atoms with Crippen molar-refractivity contribution in [1.29, 1.82) is 5.26 Å². The second-order valence-electron chi connectivity index (χ2n) is 7.95. The lowest BCUT2D eigenvalue weighted by molar-refractivity contribution is 0.368. The van der Waals surface area contributed by atoms with Gasteiger partial charge in [0, 0.05) is 29.1 Å². The number of rotatable bonds is 9. The Morgan fingerprint density at radius 1 is 1.03 bits per heavy atom. The third kappa shape index (κ3) is 5.06. The SMILES string of the molecule is COc1ncnc(OC)c1-n1c(NSC(C)C(C)c2ncc(C)cn2)nnc1-c1cccc(C#N)c1. The van der Waals surface area contributed by atoms with E-state index in [1.54, 1.807) is 22.8 Å². The van der Waals surface area contributed by atoms with Crippen molar-refractivity contribution < 1.29 is 9.47 Å². The highest BCUT2D eigenvalue weighted by atomic mass is 32.2. The van der Waals surface area contributed by atoms with E-state index in [0.29, 0.717) is 28.6 Å². The minimum Gasteiger partial charge on any atom is -0.479 e. The van der Waals surface area contributed by atoms with Gasteiger partial charge in [0.2, 0.25) is 17.7 Å². The van der Waals surface area contributed by atoms with Crippen molar-refractivity contribution in [1.82, 2.24) is 34.7 Å². The number of nitriles is 1. The van der Waals surface area contributed by atoms with Gasteiger partial charge in [-0.3, -0.25) is 9.29 Å². The van der Waals surface area contributed by atoms with Crippen LogP contribution in [0.3, 0.4) is 0 Å². The molecule has 36 heavy (non-hydrogen) atoms. The molecule has 4 aromatic rings. The van der Waals surface area contributed by atoms with Gasteiger partial charge < -0.3 is 9.47 Å². The summed E-state index contributed by atoms with van der Waals surface area (Å²) in [5, 5.41) is 18.3. The second-order valence-corrected chi connectivity index (χ2v) is 9.13. The Balaban J connectivity index is 1.74. The summed E-state index contributed by atoms with van der Waals surface area (Å²) >= 11 is 1.46. The number of methoxy groups -OCH3 is 2. The maximum atomic E-state index is 9.39. The molecule has 184 valence electrons. The number of aromatic nitrogens is 7. The van der Waals surface area contributed by atoms with Crippen LogP contribution in [0.25, 0.3) is 17.1 Å². The van der Waals surface area contributed by atoms with Crippen molar-refractivity contribution in [3.63, 3.8) is 0 Å². The molecular weight excluding hydrogens is 478 g/mol. The molecule has 0 saturated carbocycles. The standard InChI is InChI=1S/C24H25N9O2S/c1-14-11-26-20(27-12-14)15(2)16(3)36-32-24-31-30-21(18-8-6-7-17(9-18)10-25)33(24)19-22(34-4)28-13-29-23(19)35-5/h6-9,11-13,15-16H,1-5H3,(H,31,32). The predicted molar refractivity (Wildman–Crippen MR) is 136 cm³/mol. The molecule has 0 radical (unpaired) electrons. The largest absolute Gasteiger partial charge is 0.479 e. The molecule has 3 aromatic heterocycles. The van der Waals surface area contributed by atoms with Gasteiger partial charge in [-0.15, -0.1) is 10.2 Å². The first-order valence-corrected chi connectivity index (χ1v) is 11.9. The van der Waals surface area contributed by atoms with E-state index < -0.39 is 0 Å². The Morgan fingerprint density at radius 3 is 2.36 bits per heavy atom. The van der Waals surface area contributed by atoms with E-state index in [1.807, 2.05) is 25.4 Å².